The molecular formula is C12H13ClN2O2S2. The minimum absolute atomic E-state index is 0.0631. The third-order valence-corrected chi connectivity index (χ3v) is 4.96. The van der Waals surface area contributed by atoms with Gasteiger partial charge in [-0.25, -0.2) is 13.1 Å². The van der Waals surface area contributed by atoms with Crippen LogP contribution in [0.2, 0.25) is 4.34 Å². The van der Waals surface area contributed by atoms with Gasteiger partial charge in [0.1, 0.15) is 0 Å². The average molecular weight is 317 g/mol. The molecule has 0 saturated heterocycles. The van der Waals surface area contributed by atoms with Gasteiger partial charge in [-0.15, -0.1) is 11.3 Å². The molecule has 0 atom stereocenters. The molecule has 0 radical (unpaired) electrons. The van der Waals surface area contributed by atoms with Crippen LogP contribution in [-0.4, -0.2) is 8.42 Å². The summed E-state index contributed by atoms with van der Waals surface area (Å²) in [5.41, 5.74) is 6.86. The second kappa shape index (κ2) is 5.92. The quantitative estimate of drug-likeness (QED) is 0.833. The van der Waals surface area contributed by atoms with Crippen LogP contribution in [0.4, 0.5) is 5.69 Å². The van der Waals surface area contributed by atoms with Gasteiger partial charge in [0, 0.05) is 17.1 Å². The molecule has 0 aliphatic carbocycles. The number of hydrogen-bond acceptors (Lipinski definition) is 4. The fourth-order valence-electron chi connectivity index (χ4n) is 1.51. The molecule has 0 saturated carbocycles. The Morgan fingerprint density at radius 2 is 1.84 bits per heavy atom. The van der Waals surface area contributed by atoms with Crippen LogP contribution in [-0.2, 0) is 22.3 Å². The highest BCUT2D eigenvalue weighted by molar-refractivity contribution is 7.88. The van der Waals surface area contributed by atoms with Gasteiger partial charge in [-0.3, -0.25) is 0 Å². The first-order valence-electron chi connectivity index (χ1n) is 5.50. The molecule has 0 fully saturated rings. The Morgan fingerprint density at radius 3 is 2.42 bits per heavy atom. The number of nitrogens with two attached hydrogens (primary N) is 1. The third-order valence-electron chi connectivity index (χ3n) is 2.43. The number of sulfonamides is 1. The van der Waals surface area contributed by atoms with E-state index in [1.54, 1.807) is 36.4 Å². The topological polar surface area (TPSA) is 72.2 Å². The van der Waals surface area contributed by atoms with Crippen LogP contribution in [0.25, 0.3) is 0 Å². The molecule has 1 aromatic carbocycles. The lowest BCUT2D eigenvalue weighted by molar-refractivity contribution is 0.581. The van der Waals surface area contributed by atoms with Crippen molar-refractivity contribution < 1.29 is 8.42 Å². The van der Waals surface area contributed by atoms with Crippen molar-refractivity contribution in [2.45, 2.75) is 12.3 Å². The summed E-state index contributed by atoms with van der Waals surface area (Å²) in [6.07, 6.45) is 0. The minimum atomic E-state index is -3.36. The van der Waals surface area contributed by atoms with Crippen molar-refractivity contribution in [1.82, 2.24) is 4.72 Å². The van der Waals surface area contributed by atoms with E-state index in [0.717, 1.165) is 4.88 Å². The summed E-state index contributed by atoms with van der Waals surface area (Å²) in [4.78, 5) is 0.880. The van der Waals surface area contributed by atoms with Gasteiger partial charge in [-0.1, -0.05) is 23.7 Å². The molecule has 0 spiro atoms. The molecule has 102 valence electrons. The van der Waals surface area contributed by atoms with Crippen LogP contribution >= 0.6 is 22.9 Å². The molecule has 2 rings (SSSR count). The second-order valence-corrected chi connectivity index (χ2v) is 7.63. The highest BCUT2D eigenvalue weighted by atomic mass is 35.5. The summed E-state index contributed by atoms with van der Waals surface area (Å²) < 4.78 is 27.0. The SMILES string of the molecule is Nc1ccc(CS(=O)(=O)NCc2ccc(Cl)s2)cc1. The third kappa shape index (κ3) is 4.50. The molecule has 19 heavy (non-hydrogen) atoms. The number of halogens is 1. The van der Waals surface area contributed by atoms with Gasteiger partial charge in [0.05, 0.1) is 10.1 Å². The molecule has 2 aromatic rings. The van der Waals surface area contributed by atoms with Crippen molar-refractivity contribution in [2.75, 3.05) is 5.73 Å². The van der Waals surface area contributed by atoms with E-state index in [2.05, 4.69) is 4.72 Å². The van der Waals surface area contributed by atoms with Gasteiger partial charge in [-0.05, 0) is 29.8 Å². The van der Waals surface area contributed by atoms with E-state index in [1.165, 1.54) is 11.3 Å². The van der Waals surface area contributed by atoms with E-state index in [9.17, 15) is 8.42 Å². The van der Waals surface area contributed by atoms with Crippen molar-refractivity contribution in [1.29, 1.82) is 0 Å². The van der Waals surface area contributed by atoms with Gasteiger partial charge in [-0.2, -0.15) is 0 Å². The van der Waals surface area contributed by atoms with Crippen molar-refractivity contribution in [3.63, 3.8) is 0 Å². The Hall–Kier alpha value is -1.08. The number of anilines is 1. The Bertz CT molecular complexity index is 651. The monoisotopic (exact) mass is 316 g/mol. The number of thiophene rings is 1. The first-order valence-corrected chi connectivity index (χ1v) is 8.35. The van der Waals surface area contributed by atoms with Crippen LogP contribution in [0.1, 0.15) is 10.4 Å². The first-order chi connectivity index (χ1) is 8.94. The van der Waals surface area contributed by atoms with Crippen LogP contribution in [0.5, 0.6) is 0 Å². The molecule has 0 bridgehead atoms. The highest BCUT2D eigenvalue weighted by Crippen LogP contribution is 2.21. The predicted octanol–water partition coefficient (Wildman–Crippen LogP) is 2.60. The number of hydrogen-bond donors (Lipinski definition) is 2. The van der Waals surface area contributed by atoms with Crippen molar-refractivity contribution in [3.05, 3.63) is 51.2 Å². The highest BCUT2D eigenvalue weighted by Gasteiger charge is 2.11. The number of nitrogen functional groups attached to an aromatic ring is 1. The summed E-state index contributed by atoms with van der Waals surface area (Å²) >= 11 is 7.14. The van der Waals surface area contributed by atoms with E-state index in [0.29, 0.717) is 15.6 Å². The largest absolute Gasteiger partial charge is 0.399 e. The molecule has 0 aliphatic rings. The van der Waals surface area contributed by atoms with Gasteiger partial charge in [0.15, 0.2) is 0 Å². The van der Waals surface area contributed by atoms with E-state index in [1.807, 2.05) is 0 Å². The average Bonchev–Trinajstić information content (AvgIpc) is 2.76. The fraction of sp³-hybridized carbons (Fsp3) is 0.167. The molecule has 0 amide bonds. The van der Waals surface area contributed by atoms with Crippen LogP contribution in [0.3, 0.4) is 0 Å². The molecule has 1 heterocycles. The lowest BCUT2D eigenvalue weighted by Gasteiger charge is -2.06. The Balaban J connectivity index is 1.97. The van der Waals surface area contributed by atoms with Gasteiger partial charge < -0.3 is 5.73 Å². The summed E-state index contributed by atoms with van der Waals surface area (Å²) in [7, 11) is -3.36. The zero-order chi connectivity index (χ0) is 13.9. The molecule has 1 aromatic heterocycles. The molecule has 0 unspecified atom stereocenters. The maximum atomic E-state index is 11.9. The molecule has 3 N–H and O–H groups in total. The van der Waals surface area contributed by atoms with Crippen molar-refractivity contribution >= 4 is 38.6 Å². The lowest BCUT2D eigenvalue weighted by atomic mass is 10.2. The van der Waals surface area contributed by atoms with Gasteiger partial charge in [0.2, 0.25) is 10.0 Å². The molecule has 7 heteroatoms. The van der Waals surface area contributed by atoms with Crippen LogP contribution in [0, 0.1) is 0 Å². The normalized spacial score (nSPS) is 11.6. The van der Waals surface area contributed by atoms with Crippen LogP contribution < -0.4 is 10.5 Å². The number of nitrogens with one attached hydrogen (secondary N) is 1. The minimum Gasteiger partial charge on any atom is -0.399 e. The predicted molar refractivity (Wildman–Crippen MR) is 79.6 cm³/mol. The number of benzene rings is 1. The molecule has 0 aliphatic heterocycles. The lowest BCUT2D eigenvalue weighted by Crippen LogP contribution is -2.24. The maximum absolute atomic E-state index is 11.9. The molecule has 4 nitrogen and oxygen atoms in total. The van der Waals surface area contributed by atoms with E-state index in [-0.39, 0.29) is 12.3 Å². The van der Waals surface area contributed by atoms with E-state index >= 15 is 0 Å². The van der Waals surface area contributed by atoms with Gasteiger partial charge >= 0.3 is 0 Å². The van der Waals surface area contributed by atoms with E-state index < -0.39 is 10.0 Å². The standard InChI is InChI=1S/C12H13ClN2O2S2/c13-12-6-5-11(18-12)7-15-19(16,17)8-9-1-3-10(14)4-2-9/h1-6,15H,7-8,14H2. The Kier molecular flexibility index (Phi) is 4.46. The Morgan fingerprint density at radius 1 is 1.16 bits per heavy atom. The van der Waals surface area contributed by atoms with Crippen molar-refractivity contribution in [3.8, 4) is 0 Å². The maximum Gasteiger partial charge on any atom is 0.216 e. The zero-order valence-corrected chi connectivity index (χ0v) is 12.4. The van der Waals surface area contributed by atoms with E-state index in [4.69, 9.17) is 17.3 Å². The Labute approximate surface area is 121 Å². The smallest absolute Gasteiger partial charge is 0.216 e. The summed E-state index contributed by atoms with van der Waals surface area (Å²) in [6, 6.07) is 10.3. The van der Waals surface area contributed by atoms with Crippen LogP contribution in [0.15, 0.2) is 36.4 Å². The van der Waals surface area contributed by atoms with Crippen molar-refractivity contribution in [2.24, 2.45) is 0 Å². The zero-order valence-electron chi connectivity index (χ0n) is 9.97. The summed E-state index contributed by atoms with van der Waals surface area (Å²) in [6.45, 7) is 0.259. The fourth-order valence-corrected chi connectivity index (χ4v) is 3.74. The number of rotatable bonds is 5. The summed E-state index contributed by atoms with van der Waals surface area (Å²) in [5.74, 6) is -0.0631. The molecular weight excluding hydrogens is 304 g/mol. The van der Waals surface area contributed by atoms with Gasteiger partial charge in [0.25, 0.3) is 0 Å². The summed E-state index contributed by atoms with van der Waals surface area (Å²) in [5, 5.41) is 0. The second-order valence-electron chi connectivity index (χ2n) is 4.03. The first kappa shape index (κ1) is 14.3.